The highest BCUT2D eigenvalue weighted by Gasteiger charge is 2.35. The second kappa shape index (κ2) is 14.9. The van der Waals surface area contributed by atoms with Crippen LogP contribution in [0.2, 0.25) is 0 Å². The number of carbonyl (C=O) groups is 4. The van der Waals surface area contributed by atoms with E-state index in [1.807, 2.05) is 0 Å². The Balaban J connectivity index is 0.000000380. The normalized spacial score (nSPS) is 25.7. The molecule has 0 radical (unpaired) electrons. The quantitative estimate of drug-likeness (QED) is 0.393. The molecule has 38 heavy (non-hydrogen) atoms. The third-order valence-corrected chi connectivity index (χ3v) is 7.37. The molecule has 0 heterocycles. The minimum absolute atomic E-state index is 0.0145. The van der Waals surface area contributed by atoms with Crippen LogP contribution >= 0.6 is 0 Å². The number of esters is 2. The fourth-order valence-electron chi connectivity index (χ4n) is 6.05. The van der Waals surface area contributed by atoms with Crippen molar-refractivity contribution in [3.63, 3.8) is 0 Å². The SMILES string of the molecule is C[C@@H]1C[C@H](OC(=O)CCC(=O)N(C)C)CC(C)(C)C1.C[C@H]1C[C@@H](OC(=O)CCC(=O)N(C)C)CC(C)(C)C1. The van der Waals surface area contributed by atoms with E-state index in [1.54, 1.807) is 28.2 Å². The maximum Gasteiger partial charge on any atom is 0.306 e. The van der Waals surface area contributed by atoms with E-state index in [1.165, 1.54) is 22.6 Å². The molecule has 2 rings (SSSR count). The van der Waals surface area contributed by atoms with Gasteiger partial charge in [0.1, 0.15) is 12.2 Å². The van der Waals surface area contributed by atoms with Crippen molar-refractivity contribution < 1.29 is 28.7 Å². The molecular weight excluding hydrogens is 484 g/mol. The van der Waals surface area contributed by atoms with Gasteiger partial charge in [-0.2, -0.15) is 0 Å². The number of carbonyl (C=O) groups excluding carboxylic acids is 4. The molecule has 2 amide bonds. The zero-order chi connectivity index (χ0) is 29.3. The first-order valence-corrected chi connectivity index (χ1v) is 14.2. The Labute approximate surface area is 231 Å². The smallest absolute Gasteiger partial charge is 0.306 e. The summed E-state index contributed by atoms with van der Waals surface area (Å²) >= 11 is 0. The van der Waals surface area contributed by atoms with Gasteiger partial charge in [-0.15, -0.1) is 0 Å². The van der Waals surface area contributed by atoms with Gasteiger partial charge in [0.2, 0.25) is 11.8 Å². The van der Waals surface area contributed by atoms with Crippen LogP contribution in [0.1, 0.15) is 106 Å². The summed E-state index contributed by atoms with van der Waals surface area (Å²) in [7, 11) is 6.77. The van der Waals surface area contributed by atoms with Gasteiger partial charge in [0.15, 0.2) is 0 Å². The van der Waals surface area contributed by atoms with E-state index in [9.17, 15) is 19.2 Å². The Bertz CT molecular complexity index is 739. The fraction of sp³-hybridized carbons (Fsp3) is 0.867. The van der Waals surface area contributed by atoms with Gasteiger partial charge in [-0.1, -0.05) is 41.5 Å². The van der Waals surface area contributed by atoms with Gasteiger partial charge in [-0.3, -0.25) is 19.2 Å². The molecule has 0 bridgehead atoms. The van der Waals surface area contributed by atoms with Crippen molar-refractivity contribution in [1.82, 2.24) is 9.80 Å². The molecule has 0 saturated heterocycles. The van der Waals surface area contributed by atoms with Gasteiger partial charge in [0.05, 0.1) is 12.8 Å². The number of hydrogen-bond donors (Lipinski definition) is 0. The zero-order valence-corrected chi connectivity index (χ0v) is 25.7. The van der Waals surface area contributed by atoms with Crippen LogP contribution in [0.15, 0.2) is 0 Å². The van der Waals surface area contributed by atoms with Crippen LogP contribution in [-0.4, -0.2) is 74.0 Å². The minimum Gasteiger partial charge on any atom is -0.462 e. The van der Waals surface area contributed by atoms with Gasteiger partial charge in [-0.05, 0) is 61.2 Å². The summed E-state index contributed by atoms with van der Waals surface area (Å²) in [6.45, 7) is 13.3. The summed E-state index contributed by atoms with van der Waals surface area (Å²) in [5.74, 6) is 0.619. The summed E-state index contributed by atoms with van der Waals surface area (Å²) in [6, 6.07) is 0. The van der Waals surface area contributed by atoms with Crippen LogP contribution in [-0.2, 0) is 28.7 Å². The maximum atomic E-state index is 11.8. The standard InChI is InChI=1S/2C15H27NO3/c2*1-11-8-12(10-15(2,3)9-11)19-14(18)7-6-13(17)16(4)5/h2*11-12H,6-10H2,1-5H3/t2*11-,12+/m10/s1. The van der Waals surface area contributed by atoms with Crippen LogP contribution in [0, 0.1) is 22.7 Å². The Hall–Kier alpha value is -2.12. The topological polar surface area (TPSA) is 93.2 Å². The van der Waals surface area contributed by atoms with Crippen molar-refractivity contribution in [2.75, 3.05) is 28.2 Å². The van der Waals surface area contributed by atoms with Crippen LogP contribution in [0.4, 0.5) is 0 Å². The molecular formula is C30H54N2O6. The molecule has 2 fully saturated rings. The predicted molar refractivity (Wildman–Crippen MR) is 149 cm³/mol. The first-order chi connectivity index (χ1) is 17.4. The largest absolute Gasteiger partial charge is 0.462 e. The Kier molecular flexibility index (Phi) is 13.3. The summed E-state index contributed by atoms with van der Waals surface area (Å²) < 4.78 is 11.0. The number of hydrogen-bond acceptors (Lipinski definition) is 6. The third-order valence-electron chi connectivity index (χ3n) is 7.37. The lowest BCUT2D eigenvalue weighted by atomic mass is 9.71. The van der Waals surface area contributed by atoms with E-state index in [-0.39, 0.29) is 72.5 Å². The summed E-state index contributed by atoms with van der Waals surface area (Å²) in [4.78, 5) is 49.3. The molecule has 2 saturated carbocycles. The molecule has 8 nitrogen and oxygen atoms in total. The Morgan fingerprint density at radius 1 is 0.605 bits per heavy atom. The molecule has 0 aliphatic heterocycles. The van der Waals surface area contributed by atoms with Crippen LogP contribution in [0.5, 0.6) is 0 Å². The molecule has 4 atom stereocenters. The fourth-order valence-corrected chi connectivity index (χ4v) is 6.05. The molecule has 0 spiro atoms. The Morgan fingerprint density at radius 2 is 0.921 bits per heavy atom. The van der Waals surface area contributed by atoms with E-state index in [2.05, 4.69) is 41.5 Å². The number of amides is 2. The second-order valence-electron chi connectivity index (χ2n) is 13.6. The number of rotatable bonds is 8. The Morgan fingerprint density at radius 3 is 1.18 bits per heavy atom. The molecule has 220 valence electrons. The van der Waals surface area contributed by atoms with E-state index in [4.69, 9.17) is 9.47 Å². The highest BCUT2D eigenvalue weighted by atomic mass is 16.5. The number of nitrogens with zero attached hydrogens (tertiary/aromatic N) is 2. The van der Waals surface area contributed by atoms with E-state index >= 15 is 0 Å². The van der Waals surface area contributed by atoms with Gasteiger partial charge in [0, 0.05) is 41.0 Å². The van der Waals surface area contributed by atoms with Crippen LogP contribution in [0.3, 0.4) is 0 Å². The van der Waals surface area contributed by atoms with Crippen LogP contribution < -0.4 is 0 Å². The molecule has 0 unspecified atom stereocenters. The molecule has 8 heteroatoms. The summed E-state index contributed by atoms with van der Waals surface area (Å²) in [5.41, 5.74) is 0.476. The van der Waals surface area contributed by atoms with Gasteiger partial charge in [-0.25, -0.2) is 0 Å². The van der Waals surface area contributed by atoms with Gasteiger partial charge >= 0.3 is 11.9 Å². The maximum absolute atomic E-state index is 11.8. The van der Waals surface area contributed by atoms with Crippen molar-refractivity contribution in [3.05, 3.63) is 0 Å². The lowest BCUT2D eigenvalue weighted by Crippen LogP contribution is -2.34. The van der Waals surface area contributed by atoms with Crippen molar-refractivity contribution in [1.29, 1.82) is 0 Å². The number of ether oxygens (including phenoxy) is 2. The minimum atomic E-state index is -0.245. The second-order valence-corrected chi connectivity index (χ2v) is 13.6. The lowest BCUT2D eigenvalue weighted by Gasteiger charge is -2.38. The molecule has 0 aromatic heterocycles. The highest BCUT2D eigenvalue weighted by Crippen LogP contribution is 2.40. The van der Waals surface area contributed by atoms with Gasteiger partial charge in [0.25, 0.3) is 0 Å². The summed E-state index contributed by atoms with van der Waals surface area (Å²) in [6.07, 6.45) is 6.95. The third kappa shape index (κ3) is 13.6. The molecule has 0 aromatic carbocycles. The van der Waals surface area contributed by atoms with Crippen molar-refractivity contribution in [2.45, 2.75) is 118 Å². The van der Waals surface area contributed by atoms with E-state index < -0.39 is 0 Å². The monoisotopic (exact) mass is 538 g/mol. The van der Waals surface area contributed by atoms with E-state index in [0.717, 1.165) is 25.7 Å². The molecule has 0 aromatic rings. The van der Waals surface area contributed by atoms with E-state index in [0.29, 0.717) is 11.8 Å². The molecule has 2 aliphatic carbocycles. The van der Waals surface area contributed by atoms with Crippen molar-refractivity contribution >= 4 is 23.8 Å². The van der Waals surface area contributed by atoms with Crippen LogP contribution in [0.25, 0.3) is 0 Å². The summed E-state index contributed by atoms with van der Waals surface area (Å²) in [5, 5.41) is 0. The average Bonchev–Trinajstić information content (AvgIpc) is 2.73. The van der Waals surface area contributed by atoms with Gasteiger partial charge < -0.3 is 19.3 Å². The highest BCUT2D eigenvalue weighted by molar-refractivity contribution is 5.81. The lowest BCUT2D eigenvalue weighted by molar-refractivity contribution is -0.155. The average molecular weight is 539 g/mol. The first kappa shape index (κ1) is 33.9. The molecule has 0 N–H and O–H groups in total. The van der Waals surface area contributed by atoms with Crippen molar-refractivity contribution in [2.24, 2.45) is 22.7 Å². The molecule has 2 aliphatic rings. The first-order valence-electron chi connectivity index (χ1n) is 14.2. The zero-order valence-electron chi connectivity index (χ0n) is 25.7. The van der Waals surface area contributed by atoms with Crippen molar-refractivity contribution in [3.8, 4) is 0 Å². The predicted octanol–water partition coefficient (Wildman–Crippen LogP) is 5.23.